The van der Waals surface area contributed by atoms with Crippen LogP contribution < -0.4 is 5.73 Å². The van der Waals surface area contributed by atoms with Crippen molar-refractivity contribution in [3.05, 3.63) is 29.8 Å². The van der Waals surface area contributed by atoms with Crippen LogP contribution in [0.4, 0.5) is 5.69 Å². The van der Waals surface area contributed by atoms with Crippen molar-refractivity contribution in [2.75, 3.05) is 11.5 Å². The molecule has 1 aromatic rings. The Kier molecular flexibility index (Phi) is 4.67. The molecule has 4 nitrogen and oxygen atoms in total. The molecule has 0 aromatic heterocycles. The lowest BCUT2D eigenvalue weighted by Gasteiger charge is -2.26. The topological polar surface area (TPSA) is 80.4 Å². The van der Waals surface area contributed by atoms with Crippen LogP contribution in [0.25, 0.3) is 0 Å². The normalized spacial score (nSPS) is 17.4. The van der Waals surface area contributed by atoms with Crippen molar-refractivity contribution in [3.8, 4) is 0 Å². The number of benzene rings is 1. The van der Waals surface area contributed by atoms with Crippen molar-refractivity contribution < 1.29 is 13.5 Å². The molecule has 96 valence electrons. The zero-order chi connectivity index (χ0) is 13.3. The smallest absolute Gasteiger partial charge is 0.225 e. The van der Waals surface area contributed by atoms with Gasteiger partial charge in [0.1, 0.15) is 6.10 Å². The van der Waals surface area contributed by atoms with E-state index in [-0.39, 0.29) is 5.75 Å². The van der Waals surface area contributed by atoms with Crippen LogP contribution in [0.15, 0.2) is 24.3 Å². The molecule has 3 N–H and O–H groups in total. The van der Waals surface area contributed by atoms with E-state index in [0.717, 1.165) is 0 Å². The van der Waals surface area contributed by atoms with Crippen molar-refractivity contribution in [2.24, 2.45) is 0 Å². The number of hydrogen-bond acceptors (Lipinski definition) is 4. The molecular formula is C10H13ClINO3S. The number of halogens is 2. The number of rotatable bonds is 4. The van der Waals surface area contributed by atoms with Gasteiger partial charge in [0.25, 0.3) is 0 Å². The Morgan fingerprint density at radius 1 is 1.59 bits per heavy atom. The van der Waals surface area contributed by atoms with Crippen molar-refractivity contribution >= 4 is 49.7 Å². The van der Waals surface area contributed by atoms with E-state index in [1.54, 1.807) is 40.8 Å². The second-order valence-electron chi connectivity index (χ2n) is 3.54. The third kappa shape index (κ3) is 3.04. The minimum atomic E-state index is -3.60. The summed E-state index contributed by atoms with van der Waals surface area (Å²) in [6.07, 6.45) is -1.33. The monoisotopic (exact) mass is 389 g/mol. The van der Waals surface area contributed by atoms with E-state index < -0.39 is 18.2 Å². The largest absolute Gasteiger partial charge is 0.399 e. The van der Waals surface area contributed by atoms with Crippen molar-refractivity contribution in [1.29, 1.82) is 0 Å². The molecule has 0 saturated carbocycles. The average Bonchev–Trinajstić information content (AvgIpc) is 2.27. The van der Waals surface area contributed by atoms with Gasteiger partial charge in [0.05, 0.1) is 5.75 Å². The van der Waals surface area contributed by atoms with Gasteiger partial charge in [0.2, 0.25) is 2.21 Å². The molecule has 0 aliphatic heterocycles. The number of sulfone groups is 1. The Hall–Kier alpha value is -0.0500. The molecule has 7 heteroatoms. The number of hydrogen-bond donors (Lipinski definition) is 2. The summed E-state index contributed by atoms with van der Waals surface area (Å²) < 4.78 is 21.8. The van der Waals surface area contributed by atoms with Crippen LogP contribution in [0.3, 0.4) is 0 Å². The van der Waals surface area contributed by atoms with Crippen molar-refractivity contribution in [3.63, 3.8) is 0 Å². The molecule has 2 atom stereocenters. The molecule has 2 unspecified atom stereocenters. The number of aliphatic hydroxyl groups is 1. The molecule has 0 saturated heterocycles. The first-order valence-corrected chi connectivity index (χ1v) is 7.97. The molecule has 0 heterocycles. The highest BCUT2D eigenvalue weighted by Gasteiger charge is 2.45. The predicted molar refractivity (Wildman–Crippen MR) is 77.9 cm³/mol. The van der Waals surface area contributed by atoms with Crippen LogP contribution in [0, 0.1) is 0 Å². The van der Waals surface area contributed by atoms with Gasteiger partial charge in [-0.25, -0.2) is 8.42 Å². The van der Waals surface area contributed by atoms with Crippen LogP contribution in [0.5, 0.6) is 0 Å². The number of aliphatic hydroxyl groups excluding tert-OH is 1. The summed E-state index contributed by atoms with van der Waals surface area (Å²) in [5.74, 6) is -0.140. The zero-order valence-corrected chi connectivity index (χ0v) is 12.8. The standard InChI is InChI=1S/C10H13ClINO3S/c1-2-17(15,16)10(11,12)9(14)7-4-3-5-8(13)6-7/h3-6,9,14H,2,13H2,1H3. The third-order valence-corrected chi connectivity index (χ3v) is 7.67. The van der Waals surface area contributed by atoms with E-state index >= 15 is 0 Å². The Balaban J connectivity index is 3.17. The minimum absolute atomic E-state index is 0.140. The summed E-state index contributed by atoms with van der Waals surface area (Å²) in [7, 11) is -3.60. The van der Waals surface area contributed by atoms with Gasteiger partial charge in [0.15, 0.2) is 9.84 Å². The molecule has 0 radical (unpaired) electrons. The van der Waals surface area contributed by atoms with E-state index in [1.165, 1.54) is 13.0 Å². The van der Waals surface area contributed by atoms with Crippen LogP contribution in [-0.4, -0.2) is 21.5 Å². The summed E-state index contributed by atoms with van der Waals surface area (Å²) in [5.41, 5.74) is 6.40. The van der Waals surface area contributed by atoms with Crippen molar-refractivity contribution in [1.82, 2.24) is 0 Å². The molecular weight excluding hydrogens is 377 g/mol. The first kappa shape index (κ1) is 15.0. The maximum atomic E-state index is 11.8. The highest BCUT2D eigenvalue weighted by molar-refractivity contribution is 14.1. The second-order valence-corrected chi connectivity index (χ2v) is 9.88. The summed E-state index contributed by atoms with van der Waals surface area (Å²) in [5, 5.41) is 10.1. The lowest BCUT2D eigenvalue weighted by Crippen LogP contribution is -2.34. The first-order chi connectivity index (χ1) is 7.72. The highest BCUT2D eigenvalue weighted by atomic mass is 127. The van der Waals surface area contributed by atoms with Gasteiger partial charge in [-0.15, -0.1) is 0 Å². The molecule has 0 bridgehead atoms. The summed E-state index contributed by atoms with van der Waals surface area (Å²) in [6, 6.07) is 6.37. The van der Waals surface area contributed by atoms with Gasteiger partial charge in [-0.3, -0.25) is 0 Å². The second kappa shape index (κ2) is 5.29. The van der Waals surface area contributed by atoms with Gasteiger partial charge < -0.3 is 10.8 Å². The molecule has 0 spiro atoms. The number of nitrogen functional groups attached to an aromatic ring is 1. The Morgan fingerprint density at radius 3 is 2.65 bits per heavy atom. The van der Waals surface area contributed by atoms with E-state index in [0.29, 0.717) is 11.3 Å². The van der Waals surface area contributed by atoms with Gasteiger partial charge >= 0.3 is 0 Å². The van der Waals surface area contributed by atoms with E-state index in [2.05, 4.69) is 0 Å². The average molecular weight is 390 g/mol. The maximum Gasteiger partial charge on any atom is 0.225 e. The Labute approximate surface area is 119 Å². The fourth-order valence-corrected chi connectivity index (χ4v) is 3.89. The van der Waals surface area contributed by atoms with E-state index in [1.807, 2.05) is 0 Å². The zero-order valence-electron chi connectivity index (χ0n) is 9.10. The quantitative estimate of drug-likeness (QED) is 0.469. The summed E-state index contributed by atoms with van der Waals surface area (Å²) >= 11 is 7.52. The lowest BCUT2D eigenvalue weighted by molar-refractivity contribution is 0.187. The number of alkyl halides is 2. The first-order valence-electron chi connectivity index (χ1n) is 4.86. The molecule has 0 fully saturated rings. The molecule has 0 aliphatic carbocycles. The van der Waals surface area contributed by atoms with E-state index in [4.69, 9.17) is 17.3 Å². The lowest BCUT2D eigenvalue weighted by atomic mass is 10.1. The van der Waals surface area contributed by atoms with Crippen LogP contribution in [0.1, 0.15) is 18.6 Å². The molecule has 1 rings (SSSR count). The minimum Gasteiger partial charge on any atom is -0.399 e. The Morgan fingerprint density at radius 2 is 2.18 bits per heavy atom. The molecule has 0 aliphatic rings. The summed E-state index contributed by atoms with van der Waals surface area (Å²) in [4.78, 5) is 0. The fourth-order valence-electron chi connectivity index (χ4n) is 1.29. The van der Waals surface area contributed by atoms with Gasteiger partial charge in [-0.2, -0.15) is 0 Å². The maximum absolute atomic E-state index is 11.8. The van der Waals surface area contributed by atoms with Crippen molar-refractivity contribution in [2.45, 2.75) is 15.2 Å². The number of anilines is 1. The van der Waals surface area contributed by atoms with Gasteiger partial charge in [-0.05, 0) is 40.3 Å². The van der Waals surface area contributed by atoms with Gasteiger partial charge in [0, 0.05) is 5.69 Å². The highest BCUT2D eigenvalue weighted by Crippen LogP contribution is 2.43. The third-order valence-electron chi connectivity index (χ3n) is 2.34. The number of nitrogens with two attached hydrogens (primary N) is 1. The SMILES string of the molecule is CCS(=O)(=O)C(Cl)(I)C(O)c1cccc(N)c1. The van der Waals surface area contributed by atoms with Crippen LogP contribution in [-0.2, 0) is 9.84 Å². The van der Waals surface area contributed by atoms with E-state index in [9.17, 15) is 13.5 Å². The molecule has 0 amide bonds. The van der Waals surface area contributed by atoms with Crippen LogP contribution >= 0.6 is 34.2 Å². The molecule has 1 aromatic carbocycles. The predicted octanol–water partition coefficient (Wildman–Crippen LogP) is 2.06. The fraction of sp³-hybridized carbons (Fsp3) is 0.400. The van der Waals surface area contributed by atoms with Crippen LogP contribution in [0.2, 0.25) is 0 Å². The molecule has 17 heavy (non-hydrogen) atoms. The Bertz CT molecular complexity index is 504. The summed E-state index contributed by atoms with van der Waals surface area (Å²) in [6.45, 7) is 1.48. The van der Waals surface area contributed by atoms with Gasteiger partial charge in [-0.1, -0.05) is 30.7 Å².